The fourth-order valence-corrected chi connectivity index (χ4v) is 2.81. The highest BCUT2D eigenvalue weighted by molar-refractivity contribution is 5.86. The number of ether oxygens (including phenoxy) is 1. The van der Waals surface area contributed by atoms with Crippen molar-refractivity contribution in [2.75, 3.05) is 14.2 Å². The van der Waals surface area contributed by atoms with Crippen LogP contribution < -0.4 is 5.32 Å². The van der Waals surface area contributed by atoms with E-state index in [2.05, 4.69) is 23.9 Å². The highest BCUT2D eigenvalue weighted by Crippen LogP contribution is 2.38. The van der Waals surface area contributed by atoms with Gasteiger partial charge in [-0.2, -0.15) is 0 Å². The van der Waals surface area contributed by atoms with Crippen LogP contribution in [0.5, 0.6) is 0 Å². The van der Waals surface area contributed by atoms with Crippen LogP contribution in [0.1, 0.15) is 40.5 Å². The van der Waals surface area contributed by atoms with Gasteiger partial charge in [-0.25, -0.2) is 4.79 Å². The molecule has 116 valence electrons. The lowest BCUT2D eigenvalue weighted by Crippen LogP contribution is -2.54. The summed E-state index contributed by atoms with van der Waals surface area (Å²) >= 11 is 0. The largest absolute Gasteiger partial charge is 0.453 e. The first kappa shape index (κ1) is 16.8. The maximum Gasteiger partial charge on any atom is 0.407 e. The number of hydrogen-bond acceptors (Lipinski definition) is 3. The predicted octanol–water partition coefficient (Wildman–Crippen LogP) is 2.26. The van der Waals surface area contributed by atoms with Crippen LogP contribution in [0.15, 0.2) is 0 Å². The van der Waals surface area contributed by atoms with Gasteiger partial charge in [0.2, 0.25) is 5.91 Å². The molecule has 1 aliphatic rings. The van der Waals surface area contributed by atoms with Gasteiger partial charge in [-0.05, 0) is 30.6 Å². The third-order valence-corrected chi connectivity index (χ3v) is 3.97. The Morgan fingerprint density at radius 2 is 1.70 bits per heavy atom. The van der Waals surface area contributed by atoms with E-state index in [0.29, 0.717) is 11.8 Å². The highest BCUT2D eigenvalue weighted by Gasteiger charge is 2.40. The minimum absolute atomic E-state index is 0.0241. The van der Waals surface area contributed by atoms with Crippen molar-refractivity contribution in [1.82, 2.24) is 10.2 Å². The molecule has 5 nitrogen and oxygen atoms in total. The van der Waals surface area contributed by atoms with E-state index in [1.807, 2.05) is 25.8 Å². The first-order chi connectivity index (χ1) is 9.29. The summed E-state index contributed by atoms with van der Waals surface area (Å²) in [7, 11) is 3.15. The van der Waals surface area contributed by atoms with Gasteiger partial charge >= 0.3 is 6.09 Å². The van der Waals surface area contributed by atoms with Crippen molar-refractivity contribution in [3.8, 4) is 0 Å². The topological polar surface area (TPSA) is 58.6 Å². The average molecular weight is 284 g/mol. The zero-order chi connectivity index (χ0) is 15.4. The molecule has 0 aromatic carbocycles. The number of nitrogens with zero attached hydrogens (tertiary/aromatic N) is 1. The van der Waals surface area contributed by atoms with Gasteiger partial charge in [0.15, 0.2) is 0 Å². The molecule has 0 spiro atoms. The molecule has 1 aliphatic carbocycles. The molecule has 0 saturated heterocycles. The number of carbonyl (C=O) groups is 2. The normalized spacial score (nSPS) is 17.8. The Hall–Kier alpha value is -1.26. The van der Waals surface area contributed by atoms with Crippen molar-refractivity contribution in [3.05, 3.63) is 0 Å². The number of likely N-dealkylation sites (N-methyl/N-ethyl adjacent to an activating group) is 1. The quantitative estimate of drug-likeness (QED) is 0.814. The van der Waals surface area contributed by atoms with Crippen LogP contribution in [0, 0.1) is 17.8 Å². The number of nitrogens with one attached hydrogen (secondary N) is 1. The van der Waals surface area contributed by atoms with Gasteiger partial charge < -0.3 is 15.0 Å². The van der Waals surface area contributed by atoms with Crippen LogP contribution in [0.2, 0.25) is 0 Å². The van der Waals surface area contributed by atoms with Crippen molar-refractivity contribution in [2.45, 2.75) is 52.6 Å². The van der Waals surface area contributed by atoms with Crippen molar-refractivity contribution in [2.24, 2.45) is 17.8 Å². The molecular formula is C15H28N2O3. The molecule has 2 atom stereocenters. The van der Waals surface area contributed by atoms with Crippen molar-refractivity contribution in [3.63, 3.8) is 0 Å². The number of carbonyl (C=O) groups excluding carboxylic acids is 2. The molecule has 0 aromatic rings. The Balaban J connectivity index is 2.79. The molecule has 20 heavy (non-hydrogen) atoms. The molecule has 0 radical (unpaired) electrons. The molecule has 5 heteroatoms. The number of amides is 2. The molecule has 2 amide bonds. The fraction of sp³-hybridized carbons (Fsp3) is 0.867. The van der Waals surface area contributed by atoms with E-state index in [-0.39, 0.29) is 17.9 Å². The van der Waals surface area contributed by atoms with Crippen LogP contribution in [0.25, 0.3) is 0 Å². The molecular weight excluding hydrogens is 256 g/mol. The van der Waals surface area contributed by atoms with E-state index in [0.717, 1.165) is 0 Å². The number of rotatable bonds is 6. The molecule has 1 saturated carbocycles. The summed E-state index contributed by atoms with van der Waals surface area (Å²) in [6.45, 7) is 8.14. The molecule has 0 heterocycles. The second-order valence-corrected chi connectivity index (χ2v) is 6.38. The summed E-state index contributed by atoms with van der Waals surface area (Å²) in [5.41, 5.74) is 0. The summed E-state index contributed by atoms with van der Waals surface area (Å²) < 4.78 is 4.61. The maximum atomic E-state index is 12.7. The van der Waals surface area contributed by atoms with Crippen molar-refractivity contribution < 1.29 is 14.3 Å². The van der Waals surface area contributed by atoms with Crippen LogP contribution in [-0.2, 0) is 9.53 Å². The Labute approximate surface area is 122 Å². The fourth-order valence-electron chi connectivity index (χ4n) is 2.81. The summed E-state index contributed by atoms with van der Waals surface area (Å²) in [6.07, 6.45) is 1.83. The van der Waals surface area contributed by atoms with Crippen LogP contribution in [0.3, 0.4) is 0 Å². The van der Waals surface area contributed by atoms with Crippen LogP contribution in [0.4, 0.5) is 4.79 Å². The lowest BCUT2D eigenvalue weighted by molar-refractivity contribution is -0.136. The maximum absolute atomic E-state index is 12.7. The van der Waals surface area contributed by atoms with Gasteiger partial charge in [0, 0.05) is 13.1 Å². The van der Waals surface area contributed by atoms with E-state index in [4.69, 9.17) is 0 Å². The molecule has 0 bridgehead atoms. The Morgan fingerprint density at radius 1 is 1.15 bits per heavy atom. The Bertz CT molecular complexity index is 349. The van der Waals surface area contributed by atoms with Crippen molar-refractivity contribution in [1.29, 1.82) is 0 Å². The standard InChI is InChI=1S/C15H28N2O3/c1-9(2)12(16-15(19)20-6)14(18)17(5)13(10(3)4)11-7-8-11/h9-13H,7-8H2,1-6H3,(H,16,19)/t12?,13-/m1/s1. The van der Waals surface area contributed by atoms with Crippen molar-refractivity contribution >= 4 is 12.0 Å². The molecule has 0 aliphatic heterocycles. The van der Waals surface area contributed by atoms with E-state index in [9.17, 15) is 9.59 Å². The van der Waals surface area contributed by atoms with Gasteiger partial charge in [-0.15, -0.1) is 0 Å². The minimum Gasteiger partial charge on any atom is -0.453 e. The summed E-state index contributed by atoms with van der Waals surface area (Å²) in [5.74, 6) is 1.02. The van der Waals surface area contributed by atoms with Crippen LogP contribution >= 0.6 is 0 Å². The lowest BCUT2D eigenvalue weighted by atomic mass is 9.95. The average Bonchev–Trinajstić information content (AvgIpc) is 3.18. The number of alkyl carbamates (subject to hydrolysis) is 1. The Kier molecular flexibility index (Phi) is 5.84. The first-order valence-corrected chi connectivity index (χ1v) is 7.40. The molecule has 1 unspecified atom stereocenters. The van der Waals surface area contributed by atoms with E-state index in [1.54, 1.807) is 0 Å². The minimum atomic E-state index is -0.557. The molecule has 1 fully saturated rings. The second kappa shape index (κ2) is 6.95. The Morgan fingerprint density at radius 3 is 2.05 bits per heavy atom. The summed E-state index contributed by atoms with van der Waals surface area (Å²) in [5, 5.41) is 2.65. The number of methoxy groups -OCH3 is 1. The van der Waals surface area contributed by atoms with E-state index in [1.165, 1.54) is 20.0 Å². The highest BCUT2D eigenvalue weighted by atomic mass is 16.5. The third kappa shape index (κ3) is 4.12. The summed E-state index contributed by atoms with van der Waals surface area (Å²) in [4.78, 5) is 25.9. The zero-order valence-electron chi connectivity index (χ0n) is 13.5. The third-order valence-electron chi connectivity index (χ3n) is 3.97. The summed E-state index contributed by atoms with van der Waals surface area (Å²) in [6, 6.07) is -0.282. The second-order valence-electron chi connectivity index (χ2n) is 6.38. The van der Waals surface area contributed by atoms with E-state index >= 15 is 0 Å². The van der Waals surface area contributed by atoms with Gasteiger partial charge in [-0.1, -0.05) is 27.7 Å². The molecule has 0 aromatic heterocycles. The van der Waals surface area contributed by atoms with Gasteiger partial charge in [0.05, 0.1) is 7.11 Å². The van der Waals surface area contributed by atoms with Gasteiger partial charge in [0.25, 0.3) is 0 Å². The van der Waals surface area contributed by atoms with Gasteiger partial charge in [0.1, 0.15) is 6.04 Å². The zero-order valence-corrected chi connectivity index (χ0v) is 13.5. The van der Waals surface area contributed by atoms with E-state index < -0.39 is 12.1 Å². The monoisotopic (exact) mass is 284 g/mol. The predicted molar refractivity (Wildman–Crippen MR) is 78.3 cm³/mol. The first-order valence-electron chi connectivity index (χ1n) is 7.40. The SMILES string of the molecule is COC(=O)NC(C(=O)N(C)[C@H](C(C)C)C1CC1)C(C)C. The molecule has 1 rings (SSSR count). The molecule has 1 N–H and O–H groups in total. The number of hydrogen-bond donors (Lipinski definition) is 1. The lowest BCUT2D eigenvalue weighted by Gasteiger charge is -2.35. The smallest absolute Gasteiger partial charge is 0.407 e. The van der Waals surface area contributed by atoms with Gasteiger partial charge in [-0.3, -0.25) is 4.79 Å². The van der Waals surface area contributed by atoms with Crippen LogP contribution in [-0.4, -0.2) is 43.1 Å².